The van der Waals surface area contributed by atoms with Crippen molar-refractivity contribution in [2.75, 3.05) is 18.4 Å². The first-order valence-corrected chi connectivity index (χ1v) is 13.2. The van der Waals surface area contributed by atoms with Gasteiger partial charge >= 0.3 is 0 Å². The number of hydrogen-bond donors (Lipinski definition) is 1. The average Bonchev–Trinajstić information content (AvgIpc) is 3.44. The van der Waals surface area contributed by atoms with Crippen LogP contribution >= 0.6 is 0 Å². The minimum atomic E-state index is -3.52. The number of nitrogens with one attached hydrogen (secondary N) is 1. The predicted molar refractivity (Wildman–Crippen MR) is 133 cm³/mol. The quantitative estimate of drug-likeness (QED) is 0.592. The topological polar surface area (TPSA) is 86.8 Å². The smallest absolute Gasteiger partial charge is 0.254 e. The van der Waals surface area contributed by atoms with Gasteiger partial charge in [0.15, 0.2) is 0 Å². The van der Waals surface area contributed by atoms with Crippen molar-refractivity contribution in [2.24, 2.45) is 0 Å². The highest BCUT2D eigenvalue weighted by Crippen LogP contribution is 2.27. The molecule has 2 aliphatic rings. The lowest BCUT2D eigenvalue weighted by molar-refractivity contribution is -0.121. The molecule has 1 fully saturated rings. The zero-order chi connectivity index (χ0) is 24.4. The van der Waals surface area contributed by atoms with Crippen LogP contribution < -0.4 is 5.32 Å². The third-order valence-electron chi connectivity index (χ3n) is 6.66. The molecule has 35 heavy (non-hydrogen) atoms. The van der Waals surface area contributed by atoms with Crippen LogP contribution in [0.4, 0.5) is 5.69 Å². The van der Waals surface area contributed by atoms with E-state index in [1.165, 1.54) is 16.4 Å². The normalized spacial score (nSPS) is 18.2. The molecule has 0 unspecified atom stereocenters. The molecule has 1 saturated heterocycles. The van der Waals surface area contributed by atoms with Gasteiger partial charge in [-0.05, 0) is 60.4 Å². The summed E-state index contributed by atoms with van der Waals surface area (Å²) in [5, 5.41) is 2.89. The van der Waals surface area contributed by atoms with E-state index in [0.29, 0.717) is 37.3 Å². The first-order chi connectivity index (χ1) is 16.9. The van der Waals surface area contributed by atoms with Crippen LogP contribution in [0.25, 0.3) is 0 Å². The van der Waals surface area contributed by atoms with E-state index in [1.807, 2.05) is 30.3 Å². The Balaban J connectivity index is 1.37. The molecule has 2 heterocycles. The van der Waals surface area contributed by atoms with Gasteiger partial charge < -0.3 is 10.2 Å². The zero-order valence-corrected chi connectivity index (χ0v) is 20.1. The van der Waals surface area contributed by atoms with Crippen LogP contribution in [0.1, 0.15) is 34.3 Å². The third-order valence-corrected chi connectivity index (χ3v) is 8.57. The van der Waals surface area contributed by atoms with Crippen molar-refractivity contribution >= 4 is 27.5 Å². The van der Waals surface area contributed by atoms with Crippen molar-refractivity contribution in [3.05, 3.63) is 95.6 Å². The first kappa shape index (κ1) is 23.3. The SMILES string of the molecule is O=C(Nc1ccc(S(=O)(=O)N2CCCC2)cc1)[C@H]1Cc2ccccc2CN1C(=O)c1ccccc1. The Kier molecular flexibility index (Phi) is 6.40. The van der Waals surface area contributed by atoms with E-state index in [9.17, 15) is 18.0 Å². The number of carbonyl (C=O) groups excluding carboxylic acids is 2. The van der Waals surface area contributed by atoms with E-state index >= 15 is 0 Å². The fourth-order valence-electron chi connectivity index (χ4n) is 4.73. The highest BCUT2D eigenvalue weighted by atomic mass is 32.2. The van der Waals surface area contributed by atoms with Crippen molar-refractivity contribution in [2.45, 2.75) is 36.7 Å². The molecule has 3 aromatic carbocycles. The number of carbonyl (C=O) groups is 2. The summed E-state index contributed by atoms with van der Waals surface area (Å²) in [5.74, 6) is -0.508. The van der Waals surface area contributed by atoms with Crippen molar-refractivity contribution in [3.8, 4) is 0 Å². The first-order valence-electron chi connectivity index (χ1n) is 11.8. The minimum absolute atomic E-state index is 0.202. The second-order valence-electron chi connectivity index (χ2n) is 8.91. The van der Waals surface area contributed by atoms with Crippen LogP contribution in [0.15, 0.2) is 83.8 Å². The van der Waals surface area contributed by atoms with Gasteiger partial charge in [-0.1, -0.05) is 42.5 Å². The zero-order valence-electron chi connectivity index (χ0n) is 19.3. The van der Waals surface area contributed by atoms with Crippen LogP contribution in [0.3, 0.4) is 0 Å². The highest BCUT2D eigenvalue weighted by Gasteiger charge is 2.35. The van der Waals surface area contributed by atoms with Crippen molar-refractivity contribution in [3.63, 3.8) is 0 Å². The molecular weight excluding hydrogens is 462 g/mol. The summed E-state index contributed by atoms with van der Waals surface area (Å²) in [6, 6.07) is 22.3. The number of fused-ring (bicyclic) bond motifs is 1. The lowest BCUT2D eigenvalue weighted by atomic mass is 9.92. The van der Waals surface area contributed by atoms with E-state index in [1.54, 1.807) is 41.3 Å². The highest BCUT2D eigenvalue weighted by molar-refractivity contribution is 7.89. The lowest BCUT2D eigenvalue weighted by Gasteiger charge is -2.36. The fourth-order valence-corrected chi connectivity index (χ4v) is 6.25. The van der Waals surface area contributed by atoms with Crippen LogP contribution in [0, 0.1) is 0 Å². The second-order valence-corrected chi connectivity index (χ2v) is 10.9. The van der Waals surface area contributed by atoms with Gasteiger partial charge in [0.05, 0.1) is 4.90 Å². The van der Waals surface area contributed by atoms with Crippen molar-refractivity contribution < 1.29 is 18.0 Å². The average molecular weight is 490 g/mol. The Morgan fingerprint density at radius 2 is 1.43 bits per heavy atom. The Labute approximate surface area is 205 Å². The largest absolute Gasteiger partial charge is 0.324 e. The van der Waals surface area contributed by atoms with E-state index in [0.717, 1.165) is 24.0 Å². The van der Waals surface area contributed by atoms with Crippen LogP contribution in [-0.4, -0.2) is 48.6 Å². The molecule has 180 valence electrons. The maximum atomic E-state index is 13.4. The lowest BCUT2D eigenvalue weighted by Crippen LogP contribution is -2.50. The summed E-state index contributed by atoms with van der Waals surface area (Å²) in [4.78, 5) is 28.5. The number of sulfonamides is 1. The second kappa shape index (κ2) is 9.64. The van der Waals surface area contributed by atoms with Crippen molar-refractivity contribution in [1.82, 2.24) is 9.21 Å². The molecule has 0 aromatic heterocycles. The summed E-state index contributed by atoms with van der Waals surface area (Å²) in [7, 11) is -3.52. The summed E-state index contributed by atoms with van der Waals surface area (Å²) < 4.78 is 27.1. The molecular formula is C27H27N3O4S. The summed E-state index contributed by atoms with van der Waals surface area (Å²) in [6.45, 7) is 1.42. The van der Waals surface area contributed by atoms with Crippen LogP contribution in [0.2, 0.25) is 0 Å². The Morgan fingerprint density at radius 1 is 0.800 bits per heavy atom. The molecule has 8 heteroatoms. The van der Waals surface area contributed by atoms with Gasteiger partial charge in [0.2, 0.25) is 15.9 Å². The van der Waals surface area contributed by atoms with Gasteiger partial charge in [0, 0.05) is 37.3 Å². The Hall–Kier alpha value is -3.49. The molecule has 1 atom stereocenters. The summed E-state index contributed by atoms with van der Waals surface area (Å²) in [5.41, 5.74) is 3.08. The number of anilines is 1. The monoisotopic (exact) mass is 489 g/mol. The number of rotatable bonds is 5. The standard InChI is InChI=1S/C27H27N3O4S/c31-26(28-23-12-14-24(15-13-23)35(33,34)29-16-6-7-17-29)25-18-21-10-4-5-11-22(21)19-30(25)27(32)20-8-2-1-3-9-20/h1-5,8-15,25H,6-7,16-19H2,(H,28,31)/t25-/m1/s1. The van der Waals surface area contributed by atoms with Gasteiger partial charge in [-0.25, -0.2) is 8.42 Å². The minimum Gasteiger partial charge on any atom is -0.324 e. The molecule has 0 radical (unpaired) electrons. The van der Waals surface area contributed by atoms with Crippen LogP contribution in [0.5, 0.6) is 0 Å². The van der Waals surface area contributed by atoms with E-state index < -0.39 is 16.1 Å². The number of amides is 2. The number of hydrogen-bond acceptors (Lipinski definition) is 4. The van der Waals surface area contributed by atoms with E-state index in [2.05, 4.69) is 5.32 Å². The molecule has 0 bridgehead atoms. The fraction of sp³-hybridized carbons (Fsp3) is 0.259. The summed E-state index contributed by atoms with van der Waals surface area (Å²) in [6.07, 6.45) is 2.15. The van der Waals surface area contributed by atoms with Crippen LogP contribution in [-0.2, 0) is 27.8 Å². The van der Waals surface area contributed by atoms with E-state index in [-0.39, 0.29) is 16.7 Å². The van der Waals surface area contributed by atoms with Gasteiger partial charge in [0.1, 0.15) is 6.04 Å². The molecule has 1 N–H and O–H groups in total. The molecule has 0 aliphatic carbocycles. The van der Waals surface area contributed by atoms with E-state index in [4.69, 9.17) is 0 Å². The summed E-state index contributed by atoms with van der Waals surface area (Å²) >= 11 is 0. The van der Waals surface area contributed by atoms with Gasteiger partial charge in [0.25, 0.3) is 5.91 Å². The molecule has 7 nitrogen and oxygen atoms in total. The van der Waals surface area contributed by atoms with Gasteiger partial charge in [-0.15, -0.1) is 0 Å². The molecule has 2 amide bonds. The molecule has 3 aromatic rings. The molecule has 0 saturated carbocycles. The molecule has 5 rings (SSSR count). The maximum Gasteiger partial charge on any atom is 0.254 e. The molecule has 2 aliphatic heterocycles. The Bertz CT molecular complexity index is 1330. The number of benzene rings is 3. The third kappa shape index (κ3) is 4.72. The molecule has 0 spiro atoms. The van der Waals surface area contributed by atoms with Gasteiger partial charge in [-0.2, -0.15) is 4.31 Å². The maximum absolute atomic E-state index is 13.4. The predicted octanol–water partition coefficient (Wildman–Crippen LogP) is 3.68. The Morgan fingerprint density at radius 3 is 2.11 bits per heavy atom. The van der Waals surface area contributed by atoms with Gasteiger partial charge in [-0.3, -0.25) is 9.59 Å². The van der Waals surface area contributed by atoms with Crippen molar-refractivity contribution in [1.29, 1.82) is 0 Å². The number of nitrogens with zero attached hydrogens (tertiary/aromatic N) is 2.